The first-order valence-electron chi connectivity index (χ1n) is 7.08. The van der Waals surface area contributed by atoms with Gasteiger partial charge in [-0.1, -0.05) is 0 Å². The molecule has 0 aliphatic heterocycles. The zero-order chi connectivity index (χ0) is 18.4. The number of nitro benzene ring substituents is 1. The summed E-state index contributed by atoms with van der Waals surface area (Å²) in [5.74, 6) is 1.14. The number of benzene rings is 1. The van der Waals surface area contributed by atoms with E-state index >= 15 is 0 Å². The van der Waals surface area contributed by atoms with Crippen LogP contribution in [-0.4, -0.2) is 23.1 Å². The highest BCUT2D eigenvalue weighted by Crippen LogP contribution is 2.28. The summed E-state index contributed by atoms with van der Waals surface area (Å²) in [5.41, 5.74) is 0.137. The number of non-ortho nitro benzene ring substituents is 1. The largest absolute Gasteiger partial charge is 0.495 e. The molecule has 0 saturated heterocycles. The number of hydrogen-bond donors (Lipinski definition) is 2. The van der Waals surface area contributed by atoms with Crippen molar-refractivity contribution in [3.05, 3.63) is 58.0 Å². The van der Waals surface area contributed by atoms with Crippen molar-refractivity contribution in [3.63, 3.8) is 0 Å². The predicted molar refractivity (Wildman–Crippen MR) is 96.5 cm³/mol. The Morgan fingerprint density at radius 2 is 2.12 bits per heavy atom. The molecule has 2 aromatic rings. The Morgan fingerprint density at radius 1 is 1.36 bits per heavy atom. The summed E-state index contributed by atoms with van der Waals surface area (Å²) in [7, 11) is 1.42. The lowest BCUT2D eigenvalue weighted by atomic mass is 10.2. The van der Waals surface area contributed by atoms with Crippen LogP contribution in [0.4, 0.5) is 11.4 Å². The first kappa shape index (κ1) is 18.1. The van der Waals surface area contributed by atoms with E-state index in [0.29, 0.717) is 11.5 Å². The molecule has 0 aliphatic rings. The van der Waals surface area contributed by atoms with Crippen molar-refractivity contribution in [2.75, 3.05) is 12.4 Å². The molecule has 0 aliphatic carbocycles. The van der Waals surface area contributed by atoms with Crippen molar-refractivity contribution >= 4 is 40.7 Å². The second-order valence-corrected chi connectivity index (χ2v) is 5.28. The van der Waals surface area contributed by atoms with E-state index in [4.69, 9.17) is 21.4 Å². The molecule has 1 aromatic carbocycles. The minimum atomic E-state index is -0.541. The number of furan rings is 1. The summed E-state index contributed by atoms with van der Waals surface area (Å²) >= 11 is 5.04. The first-order valence-corrected chi connectivity index (χ1v) is 7.49. The van der Waals surface area contributed by atoms with Gasteiger partial charge in [-0.2, -0.15) is 0 Å². The molecule has 8 nitrogen and oxygen atoms in total. The summed E-state index contributed by atoms with van der Waals surface area (Å²) in [5, 5.41) is 16.0. The normalized spacial score (nSPS) is 10.5. The monoisotopic (exact) mass is 361 g/mol. The maximum Gasteiger partial charge on any atom is 0.271 e. The van der Waals surface area contributed by atoms with E-state index < -0.39 is 10.8 Å². The van der Waals surface area contributed by atoms with Gasteiger partial charge >= 0.3 is 0 Å². The van der Waals surface area contributed by atoms with Gasteiger partial charge in [-0.15, -0.1) is 0 Å². The van der Waals surface area contributed by atoms with Crippen LogP contribution < -0.4 is 15.4 Å². The van der Waals surface area contributed by atoms with Crippen molar-refractivity contribution in [2.45, 2.75) is 6.92 Å². The molecule has 0 radical (unpaired) electrons. The number of ether oxygens (including phenoxy) is 1. The molecule has 2 rings (SSSR count). The van der Waals surface area contributed by atoms with Crippen LogP contribution in [0.3, 0.4) is 0 Å². The van der Waals surface area contributed by atoms with Crippen molar-refractivity contribution in [1.29, 1.82) is 0 Å². The van der Waals surface area contributed by atoms with E-state index in [0.717, 1.165) is 5.76 Å². The highest BCUT2D eigenvalue weighted by atomic mass is 32.1. The van der Waals surface area contributed by atoms with E-state index in [9.17, 15) is 14.9 Å². The lowest BCUT2D eigenvalue weighted by Crippen LogP contribution is -2.32. The molecule has 1 amide bonds. The fourth-order valence-corrected chi connectivity index (χ4v) is 2.13. The number of aryl methyl sites for hydroxylation is 1. The Kier molecular flexibility index (Phi) is 5.85. The molecule has 0 spiro atoms. The lowest BCUT2D eigenvalue weighted by molar-refractivity contribution is -0.384. The number of nitro groups is 1. The standard InChI is InChI=1S/C16H15N3O5S/c1-10-3-5-12(24-10)6-8-15(20)18-16(25)17-13-9-11(19(21)22)4-7-14(13)23-2/h3-9H,1-2H3,(H2,17,18,20,25). The van der Waals surface area contributed by atoms with E-state index in [2.05, 4.69) is 10.6 Å². The molecule has 9 heteroatoms. The third kappa shape index (κ3) is 5.15. The number of rotatable bonds is 5. The van der Waals surface area contributed by atoms with Crippen molar-refractivity contribution in [2.24, 2.45) is 0 Å². The van der Waals surface area contributed by atoms with E-state index in [-0.39, 0.29) is 16.5 Å². The number of nitrogens with one attached hydrogen (secondary N) is 2. The number of carbonyl (C=O) groups is 1. The van der Waals surface area contributed by atoms with Crippen LogP contribution in [0.25, 0.3) is 6.08 Å². The van der Waals surface area contributed by atoms with E-state index in [1.807, 2.05) is 0 Å². The van der Waals surface area contributed by atoms with E-state index in [1.54, 1.807) is 19.1 Å². The van der Waals surface area contributed by atoms with Crippen LogP contribution in [0.15, 0.2) is 40.8 Å². The first-order chi connectivity index (χ1) is 11.9. The average Bonchev–Trinajstić information content (AvgIpc) is 2.98. The Balaban J connectivity index is 2.01. The second-order valence-electron chi connectivity index (χ2n) is 4.87. The smallest absolute Gasteiger partial charge is 0.271 e. The quantitative estimate of drug-likeness (QED) is 0.365. The molecule has 130 valence electrons. The molecule has 0 saturated carbocycles. The highest BCUT2D eigenvalue weighted by molar-refractivity contribution is 7.80. The topological polar surface area (TPSA) is 107 Å². The van der Waals surface area contributed by atoms with Gasteiger partial charge in [0.25, 0.3) is 5.69 Å². The van der Waals surface area contributed by atoms with Gasteiger partial charge in [0.15, 0.2) is 5.11 Å². The van der Waals surface area contributed by atoms with Gasteiger partial charge in [0.2, 0.25) is 5.91 Å². The van der Waals surface area contributed by atoms with Gasteiger partial charge in [0.05, 0.1) is 17.7 Å². The Hall–Kier alpha value is -3.20. The fourth-order valence-electron chi connectivity index (χ4n) is 1.92. The summed E-state index contributed by atoms with van der Waals surface area (Å²) in [6.45, 7) is 1.79. The SMILES string of the molecule is COc1ccc([N+](=O)[O-])cc1NC(=S)NC(=O)C=Cc1ccc(C)o1. The molecule has 0 fully saturated rings. The van der Waals surface area contributed by atoms with Gasteiger partial charge in [-0.25, -0.2) is 0 Å². The molecular weight excluding hydrogens is 346 g/mol. The van der Waals surface area contributed by atoms with Crippen LogP contribution in [-0.2, 0) is 4.79 Å². The molecule has 1 aromatic heterocycles. The zero-order valence-electron chi connectivity index (χ0n) is 13.4. The highest BCUT2D eigenvalue weighted by Gasteiger charge is 2.13. The Bertz CT molecular complexity index is 844. The number of methoxy groups -OCH3 is 1. The van der Waals surface area contributed by atoms with Gasteiger partial charge in [0, 0.05) is 18.2 Å². The molecular formula is C16H15N3O5S. The molecule has 25 heavy (non-hydrogen) atoms. The van der Waals surface area contributed by atoms with Crippen molar-refractivity contribution in [1.82, 2.24) is 5.32 Å². The maximum atomic E-state index is 11.8. The summed E-state index contributed by atoms with van der Waals surface area (Å²) < 4.78 is 10.4. The average molecular weight is 361 g/mol. The molecule has 1 heterocycles. The molecule has 0 atom stereocenters. The van der Waals surface area contributed by atoms with Gasteiger partial charge in [-0.3, -0.25) is 20.2 Å². The summed E-state index contributed by atoms with van der Waals surface area (Å²) in [6.07, 6.45) is 2.76. The fraction of sp³-hybridized carbons (Fsp3) is 0.125. The summed E-state index contributed by atoms with van der Waals surface area (Å²) in [4.78, 5) is 22.2. The van der Waals surface area contributed by atoms with E-state index in [1.165, 1.54) is 37.5 Å². The van der Waals surface area contributed by atoms with Crippen LogP contribution in [0.1, 0.15) is 11.5 Å². The van der Waals surface area contributed by atoms with Crippen LogP contribution in [0.5, 0.6) is 5.75 Å². The summed E-state index contributed by atoms with van der Waals surface area (Å²) in [6, 6.07) is 7.50. The minimum absolute atomic E-state index is 0.0240. The lowest BCUT2D eigenvalue weighted by Gasteiger charge is -2.11. The maximum absolute atomic E-state index is 11.8. The Labute approximate surface area is 148 Å². The van der Waals surface area contributed by atoms with Crippen LogP contribution in [0.2, 0.25) is 0 Å². The van der Waals surface area contributed by atoms with Crippen LogP contribution >= 0.6 is 12.2 Å². The second kappa shape index (κ2) is 8.06. The minimum Gasteiger partial charge on any atom is -0.495 e. The zero-order valence-corrected chi connectivity index (χ0v) is 14.3. The number of amides is 1. The molecule has 0 unspecified atom stereocenters. The van der Waals surface area contributed by atoms with Gasteiger partial charge in [-0.05, 0) is 43.4 Å². The van der Waals surface area contributed by atoms with Crippen LogP contribution in [0, 0.1) is 17.0 Å². The Morgan fingerprint density at radius 3 is 2.72 bits per heavy atom. The van der Waals surface area contributed by atoms with Crippen molar-refractivity contribution in [3.8, 4) is 5.75 Å². The van der Waals surface area contributed by atoms with Gasteiger partial charge < -0.3 is 14.5 Å². The molecule has 0 bridgehead atoms. The number of anilines is 1. The number of carbonyl (C=O) groups excluding carboxylic acids is 1. The predicted octanol–water partition coefficient (Wildman–Crippen LogP) is 3.03. The number of thiocarbonyl (C=S) groups is 1. The third-order valence-electron chi connectivity index (χ3n) is 3.04. The van der Waals surface area contributed by atoms with Crippen molar-refractivity contribution < 1.29 is 18.9 Å². The number of hydrogen-bond acceptors (Lipinski definition) is 6. The molecule has 2 N–H and O–H groups in total. The number of nitrogens with zero attached hydrogens (tertiary/aromatic N) is 1. The van der Waals surface area contributed by atoms with Gasteiger partial charge in [0.1, 0.15) is 17.3 Å². The third-order valence-corrected chi connectivity index (χ3v) is 3.24.